The number of carbonyl (C=O) groups excluding carboxylic acids is 1. The third-order valence-electron chi connectivity index (χ3n) is 4.75. The van der Waals surface area contributed by atoms with Crippen molar-refractivity contribution < 1.29 is 10.0 Å². The number of piperidine rings is 1. The zero-order valence-corrected chi connectivity index (χ0v) is 14.7. The Morgan fingerprint density at radius 1 is 1.44 bits per heavy atom. The largest absolute Gasteiger partial charge is 0.325 e. The van der Waals surface area contributed by atoms with Gasteiger partial charge in [0.15, 0.2) is 0 Å². The Morgan fingerprint density at radius 2 is 2.24 bits per heavy atom. The van der Waals surface area contributed by atoms with Crippen LogP contribution in [0.2, 0.25) is 0 Å². The molecule has 3 rings (SSSR count). The fourth-order valence-corrected chi connectivity index (χ4v) is 3.46. The first kappa shape index (κ1) is 17.6. The lowest BCUT2D eigenvalue weighted by Gasteiger charge is -2.26. The van der Waals surface area contributed by atoms with Gasteiger partial charge in [-0.3, -0.25) is 10.0 Å². The van der Waals surface area contributed by atoms with Gasteiger partial charge in [0.25, 0.3) is 5.91 Å². The average molecular weight is 342 g/mol. The molecule has 0 atom stereocenters. The summed E-state index contributed by atoms with van der Waals surface area (Å²) < 4.78 is 2.43. The highest BCUT2D eigenvalue weighted by Crippen LogP contribution is 2.28. The highest BCUT2D eigenvalue weighted by atomic mass is 16.5. The van der Waals surface area contributed by atoms with E-state index in [4.69, 9.17) is 10.2 Å². The molecule has 1 saturated heterocycles. The van der Waals surface area contributed by atoms with Crippen molar-refractivity contribution in [3.63, 3.8) is 0 Å². The summed E-state index contributed by atoms with van der Waals surface area (Å²) in [5.74, 6) is 0.627. The molecular formula is C19H26N4O2. The summed E-state index contributed by atoms with van der Waals surface area (Å²) in [6, 6.07) is 6.59. The predicted molar refractivity (Wildman–Crippen MR) is 98.4 cm³/mol. The highest BCUT2D eigenvalue weighted by molar-refractivity contribution is 5.91. The first-order chi connectivity index (χ1) is 12.2. The highest BCUT2D eigenvalue weighted by Gasteiger charge is 2.21. The molecule has 0 bridgehead atoms. The van der Waals surface area contributed by atoms with Crippen LogP contribution in [0, 0.1) is 0 Å². The molecule has 1 amide bonds. The Balaban J connectivity index is 1.97. The quantitative estimate of drug-likeness (QED) is 0.428. The van der Waals surface area contributed by atoms with Gasteiger partial charge in [-0.1, -0.05) is 19.4 Å². The molecule has 1 aromatic carbocycles. The third-order valence-corrected chi connectivity index (χ3v) is 4.75. The molecule has 1 aliphatic heterocycles. The van der Waals surface area contributed by atoms with Crippen molar-refractivity contribution in [1.82, 2.24) is 20.3 Å². The van der Waals surface area contributed by atoms with Crippen LogP contribution < -0.4 is 10.8 Å². The minimum atomic E-state index is -0.538. The molecule has 2 aromatic rings. The number of aromatic nitrogens is 2. The van der Waals surface area contributed by atoms with Gasteiger partial charge in [0.2, 0.25) is 0 Å². The van der Waals surface area contributed by atoms with Crippen LogP contribution >= 0.6 is 0 Å². The lowest BCUT2D eigenvalue weighted by Crippen LogP contribution is -2.30. The Kier molecular flexibility index (Phi) is 5.83. The third kappa shape index (κ3) is 4.08. The van der Waals surface area contributed by atoms with Gasteiger partial charge < -0.3 is 9.88 Å². The first-order valence-corrected chi connectivity index (χ1v) is 9.06. The van der Waals surface area contributed by atoms with Crippen LogP contribution in [0.3, 0.4) is 0 Å². The van der Waals surface area contributed by atoms with E-state index in [1.807, 2.05) is 12.1 Å². The maximum absolute atomic E-state index is 11.2. The number of nitrogens with zero attached hydrogens (tertiary/aromatic N) is 2. The van der Waals surface area contributed by atoms with Crippen molar-refractivity contribution in [2.24, 2.45) is 0 Å². The summed E-state index contributed by atoms with van der Waals surface area (Å²) in [5, 5.41) is 12.0. The monoisotopic (exact) mass is 342 g/mol. The van der Waals surface area contributed by atoms with Crippen molar-refractivity contribution in [3.8, 4) is 0 Å². The van der Waals surface area contributed by atoms with E-state index in [1.165, 1.54) is 11.6 Å². The molecular weight excluding hydrogens is 316 g/mol. The zero-order valence-electron chi connectivity index (χ0n) is 14.7. The minimum absolute atomic E-state index is 0.500. The van der Waals surface area contributed by atoms with Crippen LogP contribution in [-0.4, -0.2) is 33.8 Å². The van der Waals surface area contributed by atoms with Gasteiger partial charge in [-0.15, -0.1) is 0 Å². The lowest BCUT2D eigenvalue weighted by atomic mass is 10.1. The van der Waals surface area contributed by atoms with Gasteiger partial charge in [0.05, 0.1) is 11.0 Å². The van der Waals surface area contributed by atoms with Crippen LogP contribution in [0.15, 0.2) is 24.3 Å². The number of unbranched alkanes of at least 4 members (excludes halogenated alkanes) is 1. The molecule has 2 heterocycles. The summed E-state index contributed by atoms with van der Waals surface area (Å²) in [7, 11) is 0. The minimum Gasteiger partial charge on any atom is -0.325 e. The Morgan fingerprint density at radius 3 is 2.96 bits per heavy atom. The molecule has 6 nitrogen and oxygen atoms in total. The van der Waals surface area contributed by atoms with Crippen LogP contribution in [0.5, 0.6) is 0 Å². The zero-order chi connectivity index (χ0) is 17.6. The lowest BCUT2D eigenvalue weighted by molar-refractivity contribution is -0.124. The number of nitrogens with one attached hydrogen (secondary N) is 2. The summed E-state index contributed by atoms with van der Waals surface area (Å²) in [4.78, 5) is 16.1. The molecule has 0 saturated carbocycles. The van der Waals surface area contributed by atoms with E-state index >= 15 is 0 Å². The maximum Gasteiger partial charge on any atom is 0.267 e. The van der Waals surface area contributed by atoms with Crippen molar-refractivity contribution in [1.29, 1.82) is 0 Å². The fraction of sp³-hybridized carbons (Fsp3) is 0.474. The van der Waals surface area contributed by atoms with E-state index in [0.29, 0.717) is 6.04 Å². The van der Waals surface area contributed by atoms with Gasteiger partial charge >= 0.3 is 0 Å². The van der Waals surface area contributed by atoms with Gasteiger partial charge in [-0.05, 0) is 56.1 Å². The molecule has 1 aliphatic rings. The van der Waals surface area contributed by atoms with Gasteiger partial charge in [0.1, 0.15) is 5.82 Å². The van der Waals surface area contributed by atoms with Crippen molar-refractivity contribution in [2.45, 2.75) is 45.1 Å². The van der Waals surface area contributed by atoms with Crippen LogP contribution in [0.4, 0.5) is 0 Å². The van der Waals surface area contributed by atoms with Crippen molar-refractivity contribution >= 4 is 23.0 Å². The Labute approximate surface area is 147 Å². The Bertz CT molecular complexity index is 760. The second-order valence-electron chi connectivity index (χ2n) is 6.54. The average Bonchev–Trinajstić information content (AvgIpc) is 3.02. The molecule has 0 spiro atoms. The molecule has 0 unspecified atom stereocenters. The topological polar surface area (TPSA) is 79.2 Å². The Hall–Kier alpha value is -2.18. The number of aryl methyl sites for hydroxylation is 1. The van der Waals surface area contributed by atoms with E-state index in [0.717, 1.165) is 62.1 Å². The molecule has 0 aliphatic carbocycles. The van der Waals surface area contributed by atoms with Crippen molar-refractivity contribution in [2.75, 3.05) is 13.1 Å². The van der Waals surface area contributed by atoms with Gasteiger partial charge in [0, 0.05) is 18.5 Å². The fourth-order valence-electron chi connectivity index (χ4n) is 3.46. The molecule has 1 fully saturated rings. The van der Waals surface area contributed by atoms with E-state index in [2.05, 4.69) is 22.9 Å². The second-order valence-corrected chi connectivity index (χ2v) is 6.54. The normalized spacial score (nSPS) is 15.9. The summed E-state index contributed by atoms with van der Waals surface area (Å²) in [6.45, 7) is 4.30. The van der Waals surface area contributed by atoms with Crippen LogP contribution in [0.1, 0.15) is 50.0 Å². The standard InChI is InChI=1S/C19H26N4O2/c1-2-3-4-18-21-16-13-14(6-8-19(24)22-25)5-7-17(16)23(18)15-9-11-20-12-10-15/h5-8,13,15,20,25H,2-4,9-12H2,1H3,(H,22,24)/b8-6+. The molecule has 3 N–H and O–H groups in total. The smallest absolute Gasteiger partial charge is 0.267 e. The SMILES string of the molecule is CCCCc1nc2cc(/C=C/C(=O)NO)ccc2n1C1CCNCC1. The number of imidazole rings is 1. The molecule has 134 valence electrons. The number of fused-ring (bicyclic) bond motifs is 1. The number of amides is 1. The summed E-state index contributed by atoms with van der Waals surface area (Å²) >= 11 is 0. The molecule has 25 heavy (non-hydrogen) atoms. The van der Waals surface area contributed by atoms with E-state index in [1.54, 1.807) is 11.6 Å². The number of hydroxylamine groups is 1. The van der Waals surface area contributed by atoms with Crippen LogP contribution in [0.25, 0.3) is 17.1 Å². The molecule has 6 heteroatoms. The van der Waals surface area contributed by atoms with E-state index in [-0.39, 0.29) is 0 Å². The van der Waals surface area contributed by atoms with E-state index in [9.17, 15) is 4.79 Å². The number of benzene rings is 1. The second kappa shape index (κ2) is 8.27. The first-order valence-electron chi connectivity index (χ1n) is 9.06. The summed E-state index contributed by atoms with van der Waals surface area (Å²) in [5.41, 5.74) is 4.63. The predicted octanol–water partition coefficient (Wildman–Crippen LogP) is 2.82. The molecule has 0 radical (unpaired) electrons. The van der Waals surface area contributed by atoms with E-state index < -0.39 is 5.91 Å². The number of carbonyl (C=O) groups is 1. The van der Waals surface area contributed by atoms with Gasteiger partial charge in [-0.25, -0.2) is 10.5 Å². The van der Waals surface area contributed by atoms with Gasteiger partial charge in [-0.2, -0.15) is 0 Å². The molecule has 1 aromatic heterocycles. The maximum atomic E-state index is 11.2. The number of hydrogen-bond acceptors (Lipinski definition) is 4. The number of hydrogen-bond donors (Lipinski definition) is 3. The van der Waals surface area contributed by atoms with Crippen LogP contribution in [-0.2, 0) is 11.2 Å². The van der Waals surface area contributed by atoms with Crippen molar-refractivity contribution in [3.05, 3.63) is 35.7 Å². The summed E-state index contributed by atoms with van der Waals surface area (Å²) in [6.07, 6.45) is 8.53. The number of rotatable bonds is 6.